The number of hydrogen-bond donors (Lipinski definition) is 1. The van der Waals surface area contributed by atoms with E-state index < -0.39 is 0 Å². The van der Waals surface area contributed by atoms with Crippen molar-refractivity contribution in [3.8, 4) is 0 Å². The molecule has 0 aliphatic carbocycles. The quantitative estimate of drug-likeness (QED) is 0.813. The molecule has 3 atom stereocenters. The van der Waals surface area contributed by atoms with Gasteiger partial charge in [-0.15, -0.1) is 0 Å². The number of hydrogen-bond acceptors (Lipinski definition) is 2. The van der Waals surface area contributed by atoms with E-state index in [1.807, 2.05) is 0 Å². The molecule has 0 radical (unpaired) electrons. The molecule has 1 aliphatic heterocycles. The Kier molecular flexibility index (Phi) is 6.32. The summed E-state index contributed by atoms with van der Waals surface area (Å²) in [6.45, 7) is 18.8. The highest BCUT2D eigenvalue weighted by Gasteiger charge is 2.33. The van der Waals surface area contributed by atoms with E-state index in [9.17, 15) is 0 Å². The molecule has 0 aromatic heterocycles. The standard InChI is InChI=1S/C17H36N2/c1-13(2)9-8-10-14(3)19-12-16(17(5,6)7)18-11-15(19)4/h13-16,18H,8-12H2,1-7H3. The SMILES string of the molecule is CC(C)CCCC(C)N1CC(C(C)(C)C)NCC1C. The van der Waals surface area contributed by atoms with Gasteiger partial charge in [-0.1, -0.05) is 47.5 Å². The van der Waals surface area contributed by atoms with Gasteiger partial charge in [0.25, 0.3) is 0 Å². The molecule has 1 rings (SSSR count). The van der Waals surface area contributed by atoms with Gasteiger partial charge in [0.2, 0.25) is 0 Å². The number of nitrogens with zero attached hydrogens (tertiary/aromatic N) is 1. The van der Waals surface area contributed by atoms with Gasteiger partial charge in [0.1, 0.15) is 0 Å². The molecule has 19 heavy (non-hydrogen) atoms. The Bertz CT molecular complexity index is 254. The minimum atomic E-state index is 0.357. The highest BCUT2D eigenvalue weighted by atomic mass is 15.2. The van der Waals surface area contributed by atoms with Crippen molar-refractivity contribution in [3.05, 3.63) is 0 Å². The first-order chi connectivity index (χ1) is 8.71. The van der Waals surface area contributed by atoms with Crippen LogP contribution in [0.1, 0.15) is 67.7 Å². The summed E-state index contributed by atoms with van der Waals surface area (Å²) >= 11 is 0. The van der Waals surface area contributed by atoms with Crippen molar-refractivity contribution in [3.63, 3.8) is 0 Å². The monoisotopic (exact) mass is 268 g/mol. The second-order valence-corrected chi connectivity index (χ2v) is 8.05. The zero-order chi connectivity index (χ0) is 14.6. The Labute approximate surface area is 121 Å². The molecule has 1 aliphatic rings. The van der Waals surface area contributed by atoms with Gasteiger partial charge in [0, 0.05) is 31.2 Å². The zero-order valence-corrected chi connectivity index (χ0v) is 14.3. The second-order valence-electron chi connectivity index (χ2n) is 8.05. The summed E-state index contributed by atoms with van der Waals surface area (Å²) in [6, 6.07) is 2.02. The van der Waals surface area contributed by atoms with Crippen molar-refractivity contribution in [1.82, 2.24) is 10.2 Å². The van der Waals surface area contributed by atoms with Crippen LogP contribution >= 0.6 is 0 Å². The number of rotatable bonds is 5. The molecule has 0 spiro atoms. The van der Waals surface area contributed by atoms with Crippen LogP contribution in [-0.4, -0.2) is 36.1 Å². The average molecular weight is 268 g/mol. The lowest BCUT2D eigenvalue weighted by atomic mass is 9.84. The molecule has 114 valence electrons. The third-order valence-corrected chi connectivity index (χ3v) is 4.63. The lowest BCUT2D eigenvalue weighted by Crippen LogP contribution is -2.61. The summed E-state index contributed by atoms with van der Waals surface area (Å²) in [6.07, 6.45) is 4.09. The Morgan fingerprint density at radius 1 is 1.16 bits per heavy atom. The van der Waals surface area contributed by atoms with Gasteiger partial charge in [-0.05, 0) is 31.6 Å². The zero-order valence-electron chi connectivity index (χ0n) is 14.3. The van der Waals surface area contributed by atoms with E-state index in [1.54, 1.807) is 0 Å². The molecule has 1 heterocycles. The molecule has 0 bridgehead atoms. The Balaban J connectivity index is 2.49. The largest absolute Gasteiger partial charge is 0.311 e. The summed E-state index contributed by atoms with van der Waals surface area (Å²) in [5.74, 6) is 0.843. The van der Waals surface area contributed by atoms with Crippen LogP contribution in [0.15, 0.2) is 0 Å². The molecule has 1 N–H and O–H groups in total. The van der Waals surface area contributed by atoms with E-state index in [-0.39, 0.29) is 0 Å². The topological polar surface area (TPSA) is 15.3 Å². The molecule has 1 fully saturated rings. The maximum Gasteiger partial charge on any atom is 0.0244 e. The average Bonchev–Trinajstić information content (AvgIpc) is 2.27. The predicted molar refractivity (Wildman–Crippen MR) is 85.6 cm³/mol. The van der Waals surface area contributed by atoms with Crippen LogP contribution in [0.2, 0.25) is 0 Å². The smallest absolute Gasteiger partial charge is 0.0244 e. The van der Waals surface area contributed by atoms with E-state index in [1.165, 1.54) is 25.8 Å². The highest BCUT2D eigenvalue weighted by Crippen LogP contribution is 2.25. The van der Waals surface area contributed by atoms with Crippen molar-refractivity contribution in [1.29, 1.82) is 0 Å². The molecular formula is C17H36N2. The summed E-state index contributed by atoms with van der Waals surface area (Å²) < 4.78 is 0. The number of nitrogens with one attached hydrogen (secondary N) is 1. The summed E-state index contributed by atoms with van der Waals surface area (Å²) in [5.41, 5.74) is 0.357. The molecule has 1 saturated heterocycles. The first-order valence-electron chi connectivity index (χ1n) is 8.21. The molecule has 0 amide bonds. The van der Waals surface area contributed by atoms with Gasteiger partial charge in [-0.2, -0.15) is 0 Å². The Morgan fingerprint density at radius 3 is 2.32 bits per heavy atom. The van der Waals surface area contributed by atoms with Crippen molar-refractivity contribution in [2.24, 2.45) is 11.3 Å². The van der Waals surface area contributed by atoms with Gasteiger partial charge in [-0.25, -0.2) is 0 Å². The summed E-state index contributed by atoms with van der Waals surface area (Å²) in [5, 5.41) is 3.73. The molecule has 2 nitrogen and oxygen atoms in total. The fraction of sp³-hybridized carbons (Fsp3) is 1.00. The second kappa shape index (κ2) is 7.08. The Morgan fingerprint density at radius 2 is 1.79 bits per heavy atom. The lowest BCUT2D eigenvalue weighted by molar-refractivity contribution is 0.0589. The van der Waals surface area contributed by atoms with Crippen LogP contribution in [0.4, 0.5) is 0 Å². The molecule has 0 saturated carbocycles. The molecule has 2 heteroatoms. The van der Waals surface area contributed by atoms with Crippen LogP contribution in [0.3, 0.4) is 0 Å². The minimum Gasteiger partial charge on any atom is -0.311 e. The van der Waals surface area contributed by atoms with Gasteiger partial charge in [0.05, 0.1) is 0 Å². The van der Waals surface area contributed by atoms with E-state index in [0.717, 1.165) is 18.5 Å². The third kappa shape index (κ3) is 5.43. The van der Waals surface area contributed by atoms with Crippen molar-refractivity contribution < 1.29 is 0 Å². The normalized spacial score (nSPS) is 27.8. The fourth-order valence-corrected chi connectivity index (χ4v) is 3.07. The summed E-state index contributed by atoms with van der Waals surface area (Å²) in [4.78, 5) is 2.73. The Hall–Kier alpha value is -0.0800. The fourth-order valence-electron chi connectivity index (χ4n) is 3.07. The molecule has 0 aromatic carbocycles. The van der Waals surface area contributed by atoms with Crippen molar-refractivity contribution >= 4 is 0 Å². The van der Waals surface area contributed by atoms with E-state index in [4.69, 9.17) is 0 Å². The van der Waals surface area contributed by atoms with Crippen LogP contribution < -0.4 is 5.32 Å². The van der Waals surface area contributed by atoms with Crippen LogP contribution in [0, 0.1) is 11.3 Å². The first kappa shape index (κ1) is 17.0. The maximum atomic E-state index is 3.73. The molecular weight excluding hydrogens is 232 g/mol. The van der Waals surface area contributed by atoms with Gasteiger partial charge in [-0.3, -0.25) is 4.90 Å². The highest BCUT2D eigenvalue weighted by molar-refractivity contribution is 4.92. The lowest BCUT2D eigenvalue weighted by Gasteiger charge is -2.46. The van der Waals surface area contributed by atoms with E-state index in [0.29, 0.717) is 17.5 Å². The van der Waals surface area contributed by atoms with Crippen molar-refractivity contribution in [2.75, 3.05) is 13.1 Å². The third-order valence-electron chi connectivity index (χ3n) is 4.63. The van der Waals surface area contributed by atoms with E-state index >= 15 is 0 Å². The predicted octanol–water partition coefficient (Wildman–Crippen LogP) is 3.91. The minimum absolute atomic E-state index is 0.357. The maximum absolute atomic E-state index is 3.73. The number of piperazine rings is 1. The van der Waals surface area contributed by atoms with Crippen LogP contribution in [0.25, 0.3) is 0 Å². The van der Waals surface area contributed by atoms with Crippen LogP contribution in [-0.2, 0) is 0 Å². The van der Waals surface area contributed by atoms with Crippen LogP contribution in [0.5, 0.6) is 0 Å². The van der Waals surface area contributed by atoms with E-state index in [2.05, 4.69) is 58.7 Å². The van der Waals surface area contributed by atoms with Crippen molar-refractivity contribution in [2.45, 2.75) is 85.9 Å². The van der Waals surface area contributed by atoms with Gasteiger partial charge in [0.15, 0.2) is 0 Å². The van der Waals surface area contributed by atoms with Gasteiger partial charge < -0.3 is 5.32 Å². The first-order valence-corrected chi connectivity index (χ1v) is 8.21. The molecule has 3 unspecified atom stereocenters. The molecule has 0 aromatic rings. The summed E-state index contributed by atoms with van der Waals surface area (Å²) in [7, 11) is 0. The van der Waals surface area contributed by atoms with Gasteiger partial charge >= 0.3 is 0 Å².